The van der Waals surface area contributed by atoms with Crippen molar-refractivity contribution in [2.45, 2.75) is 20.4 Å². The molecule has 0 spiro atoms. The van der Waals surface area contributed by atoms with E-state index in [1.165, 1.54) is 7.05 Å². The highest BCUT2D eigenvalue weighted by atomic mass is 35.5. The van der Waals surface area contributed by atoms with E-state index in [0.29, 0.717) is 5.02 Å². The lowest BCUT2D eigenvalue weighted by Crippen LogP contribution is -2.43. The Morgan fingerprint density at radius 2 is 1.83 bits per heavy atom. The second-order valence-electron chi connectivity index (χ2n) is 6.71. The Bertz CT molecular complexity index is 1040. The predicted octanol–water partition coefficient (Wildman–Crippen LogP) is 1.24. The molecular weight excluding hydrogens is 402 g/mol. The molecule has 156 valence electrons. The molecule has 0 unspecified atom stereocenters. The number of aromatic nitrogens is 2. The quantitative estimate of drug-likeness (QED) is 0.500. The number of nitrogen functional groups attached to an aromatic ring is 1. The summed E-state index contributed by atoms with van der Waals surface area (Å²) in [7, 11) is 1.25. The van der Waals surface area contributed by atoms with E-state index < -0.39 is 41.8 Å². The van der Waals surface area contributed by atoms with E-state index in [1.54, 1.807) is 24.3 Å². The zero-order valence-corrected chi connectivity index (χ0v) is 17.1. The first-order valence-electron chi connectivity index (χ1n) is 8.79. The molecule has 0 radical (unpaired) electrons. The van der Waals surface area contributed by atoms with Crippen LogP contribution in [0.3, 0.4) is 0 Å². The van der Waals surface area contributed by atoms with Crippen LogP contribution in [0, 0.1) is 5.92 Å². The van der Waals surface area contributed by atoms with E-state index in [1.807, 2.05) is 13.8 Å². The Morgan fingerprint density at radius 1 is 1.17 bits per heavy atom. The van der Waals surface area contributed by atoms with Crippen LogP contribution in [0.2, 0.25) is 5.02 Å². The average Bonchev–Trinajstić information content (AvgIpc) is 2.67. The van der Waals surface area contributed by atoms with Crippen LogP contribution in [0.4, 0.5) is 5.82 Å². The molecule has 0 aliphatic heterocycles. The SMILES string of the molecule is CC(C)Cn1c(N)c(C(=O)COC(=O)COc2ccccc2Cl)c(=O)n(C)c1=O. The number of ketones is 1. The minimum absolute atomic E-state index is 0.0511. The predicted molar refractivity (Wildman–Crippen MR) is 107 cm³/mol. The first-order chi connectivity index (χ1) is 13.6. The first kappa shape index (κ1) is 22.2. The number of esters is 1. The number of anilines is 1. The van der Waals surface area contributed by atoms with Gasteiger partial charge in [-0.15, -0.1) is 0 Å². The summed E-state index contributed by atoms with van der Waals surface area (Å²) in [6.45, 7) is 2.75. The van der Waals surface area contributed by atoms with E-state index in [-0.39, 0.29) is 24.0 Å². The second kappa shape index (κ2) is 9.42. The number of nitrogens with two attached hydrogens (primary N) is 1. The number of rotatable bonds is 8. The van der Waals surface area contributed by atoms with Gasteiger partial charge in [-0.25, -0.2) is 9.59 Å². The molecule has 0 saturated carbocycles. The Hall–Kier alpha value is -3.07. The fourth-order valence-corrected chi connectivity index (χ4v) is 2.74. The molecule has 0 atom stereocenters. The minimum Gasteiger partial charge on any atom is -0.480 e. The van der Waals surface area contributed by atoms with Crippen molar-refractivity contribution in [1.29, 1.82) is 0 Å². The molecule has 10 heteroatoms. The van der Waals surface area contributed by atoms with Gasteiger partial charge in [0.1, 0.15) is 17.1 Å². The maximum Gasteiger partial charge on any atom is 0.344 e. The molecular formula is C19H22ClN3O6. The number of hydrogen-bond acceptors (Lipinski definition) is 7. The van der Waals surface area contributed by atoms with Gasteiger partial charge in [0.05, 0.1) is 5.02 Å². The van der Waals surface area contributed by atoms with Crippen LogP contribution in [0.15, 0.2) is 33.9 Å². The van der Waals surface area contributed by atoms with Crippen molar-refractivity contribution < 1.29 is 19.1 Å². The number of benzene rings is 1. The molecule has 29 heavy (non-hydrogen) atoms. The molecule has 2 aromatic rings. The maximum atomic E-state index is 12.5. The van der Waals surface area contributed by atoms with Gasteiger partial charge in [0, 0.05) is 13.6 Å². The number of halogens is 1. The van der Waals surface area contributed by atoms with E-state index in [2.05, 4.69) is 0 Å². The zero-order valence-electron chi connectivity index (χ0n) is 16.3. The maximum absolute atomic E-state index is 12.5. The van der Waals surface area contributed by atoms with Crippen molar-refractivity contribution in [2.75, 3.05) is 18.9 Å². The summed E-state index contributed by atoms with van der Waals surface area (Å²) in [5.74, 6) is -1.55. The van der Waals surface area contributed by atoms with Gasteiger partial charge < -0.3 is 15.2 Å². The fraction of sp³-hybridized carbons (Fsp3) is 0.368. The highest BCUT2D eigenvalue weighted by molar-refractivity contribution is 6.32. The summed E-state index contributed by atoms with van der Waals surface area (Å²) < 4.78 is 12.1. The largest absolute Gasteiger partial charge is 0.480 e. The van der Waals surface area contributed by atoms with Gasteiger partial charge in [-0.2, -0.15) is 0 Å². The zero-order chi connectivity index (χ0) is 21.7. The molecule has 0 amide bonds. The topological polar surface area (TPSA) is 123 Å². The molecule has 0 bridgehead atoms. The summed E-state index contributed by atoms with van der Waals surface area (Å²) in [6, 6.07) is 6.55. The molecule has 1 heterocycles. The minimum atomic E-state index is -0.846. The van der Waals surface area contributed by atoms with Gasteiger partial charge in [0.2, 0.25) is 5.78 Å². The number of carbonyl (C=O) groups excluding carboxylic acids is 2. The molecule has 0 aliphatic rings. The van der Waals surface area contributed by atoms with Crippen molar-refractivity contribution in [2.24, 2.45) is 13.0 Å². The molecule has 0 saturated heterocycles. The van der Waals surface area contributed by atoms with Crippen LogP contribution in [-0.2, 0) is 23.1 Å². The molecule has 2 rings (SSSR count). The molecule has 2 N–H and O–H groups in total. The van der Waals surface area contributed by atoms with Crippen molar-refractivity contribution in [3.63, 3.8) is 0 Å². The number of hydrogen-bond donors (Lipinski definition) is 1. The Morgan fingerprint density at radius 3 is 2.45 bits per heavy atom. The molecule has 1 aromatic heterocycles. The third-order valence-electron chi connectivity index (χ3n) is 3.96. The smallest absolute Gasteiger partial charge is 0.344 e. The number of carbonyl (C=O) groups is 2. The van der Waals surface area contributed by atoms with Crippen molar-refractivity contribution >= 4 is 29.2 Å². The lowest BCUT2D eigenvalue weighted by atomic mass is 10.1. The van der Waals surface area contributed by atoms with Crippen LogP contribution in [0.1, 0.15) is 24.2 Å². The van der Waals surface area contributed by atoms with Crippen LogP contribution >= 0.6 is 11.6 Å². The van der Waals surface area contributed by atoms with Gasteiger partial charge in [0.25, 0.3) is 5.56 Å². The van der Waals surface area contributed by atoms with Crippen LogP contribution in [0.5, 0.6) is 5.75 Å². The van der Waals surface area contributed by atoms with Gasteiger partial charge in [-0.1, -0.05) is 37.6 Å². The fourth-order valence-electron chi connectivity index (χ4n) is 2.55. The molecule has 9 nitrogen and oxygen atoms in total. The number of para-hydroxylation sites is 1. The Labute approximate surface area is 171 Å². The van der Waals surface area contributed by atoms with Crippen LogP contribution < -0.4 is 21.7 Å². The highest BCUT2D eigenvalue weighted by Gasteiger charge is 2.23. The Kier molecular flexibility index (Phi) is 7.22. The molecule has 0 aliphatic carbocycles. The third-order valence-corrected chi connectivity index (χ3v) is 4.27. The molecule has 0 fully saturated rings. The normalized spacial score (nSPS) is 10.8. The summed E-state index contributed by atoms with van der Waals surface area (Å²) in [5, 5.41) is 0.319. The number of nitrogens with zero attached hydrogens (tertiary/aromatic N) is 2. The third kappa shape index (κ3) is 5.26. The van der Waals surface area contributed by atoms with Crippen LogP contribution in [-0.4, -0.2) is 34.1 Å². The van der Waals surface area contributed by atoms with Gasteiger partial charge in [-0.3, -0.25) is 18.7 Å². The van der Waals surface area contributed by atoms with E-state index >= 15 is 0 Å². The van der Waals surface area contributed by atoms with Gasteiger partial charge in [-0.05, 0) is 18.1 Å². The monoisotopic (exact) mass is 423 g/mol. The van der Waals surface area contributed by atoms with E-state index in [0.717, 1.165) is 9.13 Å². The number of ether oxygens (including phenoxy) is 2. The van der Waals surface area contributed by atoms with Crippen LogP contribution in [0.25, 0.3) is 0 Å². The van der Waals surface area contributed by atoms with Gasteiger partial charge >= 0.3 is 11.7 Å². The summed E-state index contributed by atoms with van der Waals surface area (Å²) in [5.41, 5.74) is 4.05. The second-order valence-corrected chi connectivity index (χ2v) is 7.12. The van der Waals surface area contributed by atoms with E-state index in [4.69, 9.17) is 26.8 Å². The van der Waals surface area contributed by atoms with E-state index in [9.17, 15) is 19.2 Å². The highest BCUT2D eigenvalue weighted by Crippen LogP contribution is 2.22. The lowest BCUT2D eigenvalue weighted by Gasteiger charge is -2.16. The summed E-state index contributed by atoms with van der Waals surface area (Å²) in [6.07, 6.45) is 0. The first-order valence-corrected chi connectivity index (χ1v) is 9.16. The standard InChI is InChI=1S/C19H22ClN3O6/c1-11(2)8-23-17(21)16(18(26)22(3)19(23)27)13(24)9-29-15(25)10-28-14-7-5-4-6-12(14)20/h4-7,11H,8-10,21H2,1-3H3. The summed E-state index contributed by atoms with van der Waals surface area (Å²) >= 11 is 5.92. The van der Waals surface area contributed by atoms with Crippen molar-refractivity contribution in [1.82, 2.24) is 9.13 Å². The molecule has 1 aromatic carbocycles. The van der Waals surface area contributed by atoms with Crippen molar-refractivity contribution in [3.8, 4) is 5.75 Å². The number of Topliss-reactive ketones (excluding diaryl/α,β-unsaturated/α-hetero) is 1. The summed E-state index contributed by atoms with van der Waals surface area (Å²) in [4.78, 5) is 48.9. The average molecular weight is 424 g/mol. The van der Waals surface area contributed by atoms with Gasteiger partial charge in [0.15, 0.2) is 13.2 Å². The Balaban J connectivity index is 2.11. The van der Waals surface area contributed by atoms with Crippen molar-refractivity contribution in [3.05, 3.63) is 55.7 Å². The lowest BCUT2D eigenvalue weighted by molar-refractivity contribution is -0.144.